The molecule has 0 radical (unpaired) electrons. The lowest BCUT2D eigenvalue weighted by atomic mass is 10.2. The van der Waals surface area contributed by atoms with Gasteiger partial charge in [0, 0.05) is 30.9 Å². The van der Waals surface area contributed by atoms with E-state index in [4.69, 9.17) is 5.73 Å². The molecule has 90 valence electrons. The average molecular weight is 239 g/mol. The fourth-order valence-electron chi connectivity index (χ4n) is 2.03. The molecule has 0 spiro atoms. The minimum Gasteiger partial charge on any atom is -0.375 e. The van der Waals surface area contributed by atoms with Crippen LogP contribution in [0.2, 0.25) is 0 Å². The fourth-order valence-corrected chi connectivity index (χ4v) is 2.62. The summed E-state index contributed by atoms with van der Waals surface area (Å²) in [6.45, 7) is 6.92. The highest BCUT2D eigenvalue weighted by Crippen LogP contribution is 2.27. The minimum absolute atomic E-state index is 0.692. The van der Waals surface area contributed by atoms with Crippen molar-refractivity contribution < 1.29 is 0 Å². The standard InChI is InChI=1S/C12H21N3S/c1-9(2)7-15(11-3-4-11)6-5-10-8-16-12(13)14-10/h8-9,11H,3-7H2,1-2H3,(H2,13,14). The number of anilines is 1. The van der Waals surface area contributed by atoms with Gasteiger partial charge < -0.3 is 5.73 Å². The maximum Gasteiger partial charge on any atom is 0.180 e. The molecule has 0 amide bonds. The summed E-state index contributed by atoms with van der Waals surface area (Å²) in [5.41, 5.74) is 6.78. The number of hydrogen-bond donors (Lipinski definition) is 1. The van der Waals surface area contributed by atoms with Crippen molar-refractivity contribution in [1.82, 2.24) is 9.88 Å². The van der Waals surface area contributed by atoms with Crippen LogP contribution in [0.5, 0.6) is 0 Å². The van der Waals surface area contributed by atoms with E-state index in [1.165, 1.54) is 19.4 Å². The Morgan fingerprint density at radius 3 is 2.81 bits per heavy atom. The monoisotopic (exact) mass is 239 g/mol. The Balaban J connectivity index is 1.81. The SMILES string of the molecule is CC(C)CN(CCc1csc(N)n1)C1CC1. The molecule has 0 atom stereocenters. The van der Waals surface area contributed by atoms with E-state index in [-0.39, 0.29) is 0 Å². The Bertz CT molecular complexity index is 331. The van der Waals surface area contributed by atoms with Crippen molar-refractivity contribution in [3.8, 4) is 0 Å². The predicted molar refractivity (Wildman–Crippen MR) is 69.7 cm³/mol. The van der Waals surface area contributed by atoms with Gasteiger partial charge in [-0.05, 0) is 18.8 Å². The molecule has 0 unspecified atom stereocenters. The molecule has 0 bridgehead atoms. The van der Waals surface area contributed by atoms with Crippen LogP contribution < -0.4 is 5.73 Å². The lowest BCUT2D eigenvalue weighted by Gasteiger charge is -2.23. The molecule has 4 heteroatoms. The van der Waals surface area contributed by atoms with E-state index < -0.39 is 0 Å². The van der Waals surface area contributed by atoms with Crippen LogP contribution in [0.15, 0.2) is 5.38 Å². The maximum atomic E-state index is 5.63. The number of aromatic nitrogens is 1. The van der Waals surface area contributed by atoms with Gasteiger partial charge in [-0.3, -0.25) is 4.90 Å². The molecule has 1 aromatic heterocycles. The molecule has 1 aromatic rings. The van der Waals surface area contributed by atoms with Crippen LogP contribution in [0.1, 0.15) is 32.4 Å². The Labute approximate surface area is 102 Å². The van der Waals surface area contributed by atoms with E-state index in [9.17, 15) is 0 Å². The summed E-state index contributed by atoms with van der Waals surface area (Å²) in [5, 5.41) is 2.77. The zero-order valence-corrected chi connectivity index (χ0v) is 11.0. The van der Waals surface area contributed by atoms with Crippen LogP contribution in [0.3, 0.4) is 0 Å². The topological polar surface area (TPSA) is 42.1 Å². The van der Waals surface area contributed by atoms with Gasteiger partial charge in [0.05, 0.1) is 5.69 Å². The van der Waals surface area contributed by atoms with E-state index >= 15 is 0 Å². The van der Waals surface area contributed by atoms with E-state index in [1.54, 1.807) is 11.3 Å². The van der Waals surface area contributed by atoms with Crippen molar-refractivity contribution in [3.63, 3.8) is 0 Å². The first-order valence-electron chi connectivity index (χ1n) is 6.09. The molecular weight excluding hydrogens is 218 g/mol. The van der Waals surface area contributed by atoms with Gasteiger partial charge in [0.15, 0.2) is 5.13 Å². The van der Waals surface area contributed by atoms with E-state index in [2.05, 4.69) is 29.1 Å². The van der Waals surface area contributed by atoms with Crippen LogP contribution in [0.25, 0.3) is 0 Å². The zero-order chi connectivity index (χ0) is 11.5. The van der Waals surface area contributed by atoms with Crippen molar-refractivity contribution in [2.75, 3.05) is 18.8 Å². The summed E-state index contributed by atoms with van der Waals surface area (Å²) < 4.78 is 0. The number of nitrogens with zero attached hydrogens (tertiary/aromatic N) is 2. The largest absolute Gasteiger partial charge is 0.375 e. The number of nitrogen functional groups attached to an aromatic ring is 1. The molecule has 2 rings (SSSR count). The first kappa shape index (κ1) is 11.9. The van der Waals surface area contributed by atoms with Crippen molar-refractivity contribution >= 4 is 16.5 Å². The van der Waals surface area contributed by atoms with Crippen molar-refractivity contribution in [2.24, 2.45) is 5.92 Å². The highest BCUT2D eigenvalue weighted by molar-refractivity contribution is 7.13. The Hall–Kier alpha value is -0.610. The van der Waals surface area contributed by atoms with Crippen molar-refractivity contribution in [1.29, 1.82) is 0 Å². The molecule has 1 heterocycles. The van der Waals surface area contributed by atoms with Gasteiger partial charge in [0.1, 0.15) is 0 Å². The second-order valence-corrected chi connectivity index (χ2v) is 5.94. The smallest absolute Gasteiger partial charge is 0.180 e. The third kappa shape index (κ3) is 3.46. The summed E-state index contributed by atoms with van der Waals surface area (Å²) in [6.07, 6.45) is 3.80. The first-order chi connectivity index (χ1) is 7.65. The molecule has 1 aliphatic carbocycles. The van der Waals surface area contributed by atoms with Gasteiger partial charge in [-0.15, -0.1) is 11.3 Å². The Kier molecular flexibility index (Phi) is 3.82. The Morgan fingerprint density at radius 2 is 2.31 bits per heavy atom. The maximum absolute atomic E-state index is 5.63. The highest BCUT2D eigenvalue weighted by atomic mass is 32.1. The molecular formula is C12H21N3S. The van der Waals surface area contributed by atoms with E-state index in [0.717, 1.165) is 30.6 Å². The van der Waals surface area contributed by atoms with Crippen molar-refractivity contribution in [3.05, 3.63) is 11.1 Å². The molecule has 16 heavy (non-hydrogen) atoms. The lowest BCUT2D eigenvalue weighted by Crippen LogP contribution is -2.32. The van der Waals surface area contributed by atoms with Gasteiger partial charge in [-0.25, -0.2) is 4.98 Å². The predicted octanol–water partition coefficient (Wildman–Crippen LogP) is 2.39. The third-order valence-electron chi connectivity index (χ3n) is 2.89. The third-order valence-corrected chi connectivity index (χ3v) is 3.61. The second-order valence-electron chi connectivity index (χ2n) is 5.05. The normalized spacial score (nSPS) is 16.2. The summed E-state index contributed by atoms with van der Waals surface area (Å²) in [7, 11) is 0. The minimum atomic E-state index is 0.692. The molecule has 0 aromatic carbocycles. The number of rotatable bonds is 6. The van der Waals surface area contributed by atoms with Crippen LogP contribution in [0.4, 0.5) is 5.13 Å². The summed E-state index contributed by atoms with van der Waals surface area (Å²) in [4.78, 5) is 6.92. The fraction of sp³-hybridized carbons (Fsp3) is 0.750. The quantitative estimate of drug-likeness (QED) is 0.829. The number of thiazole rings is 1. The van der Waals surface area contributed by atoms with Gasteiger partial charge in [0.2, 0.25) is 0 Å². The highest BCUT2D eigenvalue weighted by Gasteiger charge is 2.28. The molecule has 1 fully saturated rings. The van der Waals surface area contributed by atoms with Crippen molar-refractivity contribution in [2.45, 2.75) is 39.2 Å². The average Bonchev–Trinajstić information content (AvgIpc) is 2.97. The van der Waals surface area contributed by atoms with Gasteiger partial charge in [-0.2, -0.15) is 0 Å². The van der Waals surface area contributed by atoms with Crippen LogP contribution >= 0.6 is 11.3 Å². The molecule has 1 aliphatic rings. The van der Waals surface area contributed by atoms with Gasteiger partial charge in [-0.1, -0.05) is 13.8 Å². The van der Waals surface area contributed by atoms with E-state index in [1.807, 2.05) is 0 Å². The first-order valence-corrected chi connectivity index (χ1v) is 6.97. The number of nitrogens with two attached hydrogens (primary N) is 1. The van der Waals surface area contributed by atoms with E-state index in [0.29, 0.717) is 5.13 Å². The van der Waals surface area contributed by atoms with Crippen LogP contribution in [0, 0.1) is 5.92 Å². The lowest BCUT2D eigenvalue weighted by molar-refractivity contribution is 0.236. The molecule has 2 N–H and O–H groups in total. The second kappa shape index (κ2) is 5.15. The zero-order valence-electron chi connectivity index (χ0n) is 10.1. The van der Waals surface area contributed by atoms with Crippen LogP contribution in [-0.2, 0) is 6.42 Å². The summed E-state index contributed by atoms with van der Waals surface area (Å²) >= 11 is 1.54. The van der Waals surface area contributed by atoms with Crippen LogP contribution in [-0.4, -0.2) is 29.0 Å². The molecule has 0 aliphatic heterocycles. The molecule has 0 saturated heterocycles. The molecule has 1 saturated carbocycles. The van der Waals surface area contributed by atoms with Gasteiger partial charge >= 0.3 is 0 Å². The molecule has 3 nitrogen and oxygen atoms in total. The summed E-state index contributed by atoms with van der Waals surface area (Å²) in [5.74, 6) is 0.751. The summed E-state index contributed by atoms with van der Waals surface area (Å²) in [6, 6.07) is 0.846. The number of hydrogen-bond acceptors (Lipinski definition) is 4. The van der Waals surface area contributed by atoms with Gasteiger partial charge in [0.25, 0.3) is 0 Å². The Morgan fingerprint density at radius 1 is 1.56 bits per heavy atom.